The SMILES string of the molecule is O=C(O)C1CCCC(Nc2ccccc2CO)C1. The van der Waals surface area contributed by atoms with Gasteiger partial charge in [-0.25, -0.2) is 0 Å². The lowest BCUT2D eigenvalue weighted by molar-refractivity contribution is -0.142. The van der Waals surface area contributed by atoms with Gasteiger partial charge < -0.3 is 15.5 Å². The smallest absolute Gasteiger partial charge is 0.306 e. The first-order chi connectivity index (χ1) is 8.70. The second-order valence-electron chi connectivity index (χ2n) is 4.86. The number of benzene rings is 1. The third-order valence-electron chi connectivity index (χ3n) is 3.57. The summed E-state index contributed by atoms with van der Waals surface area (Å²) in [6.07, 6.45) is 3.36. The Balaban J connectivity index is 2.02. The number of para-hydroxylation sites is 1. The molecule has 1 saturated carbocycles. The monoisotopic (exact) mass is 249 g/mol. The molecule has 98 valence electrons. The molecule has 2 atom stereocenters. The average Bonchev–Trinajstić information content (AvgIpc) is 2.39. The summed E-state index contributed by atoms with van der Waals surface area (Å²) in [4.78, 5) is 11.0. The van der Waals surface area contributed by atoms with Crippen LogP contribution in [0.1, 0.15) is 31.2 Å². The van der Waals surface area contributed by atoms with Gasteiger partial charge >= 0.3 is 5.97 Å². The van der Waals surface area contributed by atoms with Gasteiger partial charge in [0.05, 0.1) is 12.5 Å². The number of hydrogen-bond acceptors (Lipinski definition) is 3. The zero-order chi connectivity index (χ0) is 13.0. The average molecular weight is 249 g/mol. The lowest BCUT2D eigenvalue weighted by Gasteiger charge is -2.28. The van der Waals surface area contributed by atoms with Gasteiger partial charge in [0.25, 0.3) is 0 Å². The maximum atomic E-state index is 11.0. The fourth-order valence-electron chi connectivity index (χ4n) is 2.56. The number of carboxylic acids is 1. The van der Waals surface area contributed by atoms with Crippen LogP contribution in [0.25, 0.3) is 0 Å². The van der Waals surface area contributed by atoms with Gasteiger partial charge in [-0.3, -0.25) is 4.79 Å². The maximum Gasteiger partial charge on any atom is 0.306 e. The van der Waals surface area contributed by atoms with Crippen LogP contribution in [-0.4, -0.2) is 22.2 Å². The number of carboxylic acid groups (broad SMARTS) is 1. The van der Waals surface area contributed by atoms with Crippen molar-refractivity contribution in [3.05, 3.63) is 29.8 Å². The Bertz CT molecular complexity index is 419. The first kappa shape index (κ1) is 12.9. The van der Waals surface area contributed by atoms with Gasteiger partial charge in [-0.1, -0.05) is 24.6 Å². The molecule has 1 aromatic carbocycles. The van der Waals surface area contributed by atoms with Crippen LogP contribution >= 0.6 is 0 Å². The summed E-state index contributed by atoms with van der Waals surface area (Å²) in [6, 6.07) is 7.79. The predicted octanol–water partition coefficient (Wildman–Crippen LogP) is 2.23. The van der Waals surface area contributed by atoms with Crippen LogP contribution in [0.15, 0.2) is 24.3 Å². The van der Waals surface area contributed by atoms with Gasteiger partial charge in [-0.05, 0) is 25.3 Å². The Kier molecular flexibility index (Phi) is 4.20. The molecular weight excluding hydrogens is 230 g/mol. The minimum absolute atomic E-state index is 0.00173. The Hall–Kier alpha value is -1.55. The van der Waals surface area contributed by atoms with Crippen molar-refractivity contribution < 1.29 is 15.0 Å². The van der Waals surface area contributed by atoms with Crippen molar-refractivity contribution in [1.29, 1.82) is 0 Å². The summed E-state index contributed by atoms with van der Waals surface area (Å²) in [7, 11) is 0. The number of nitrogens with one attached hydrogen (secondary N) is 1. The van der Waals surface area contributed by atoms with Gasteiger partial charge in [0.15, 0.2) is 0 Å². The van der Waals surface area contributed by atoms with Gasteiger partial charge in [-0.2, -0.15) is 0 Å². The van der Waals surface area contributed by atoms with Crippen molar-refractivity contribution in [1.82, 2.24) is 0 Å². The standard InChI is InChI=1S/C14H19NO3/c16-9-11-4-1-2-7-13(11)15-12-6-3-5-10(8-12)14(17)18/h1-2,4,7,10,12,15-16H,3,5-6,8-9H2,(H,17,18). The number of aliphatic hydroxyl groups is 1. The van der Waals surface area contributed by atoms with Gasteiger partial charge in [0.1, 0.15) is 0 Å². The molecule has 1 aliphatic carbocycles. The van der Waals surface area contributed by atoms with E-state index < -0.39 is 5.97 Å². The van der Waals surface area contributed by atoms with Crippen molar-refractivity contribution >= 4 is 11.7 Å². The molecule has 2 unspecified atom stereocenters. The molecule has 18 heavy (non-hydrogen) atoms. The van der Waals surface area contributed by atoms with Gasteiger partial charge in [0.2, 0.25) is 0 Å². The Morgan fingerprint density at radius 2 is 2.11 bits per heavy atom. The van der Waals surface area contributed by atoms with Crippen LogP contribution in [0.5, 0.6) is 0 Å². The van der Waals surface area contributed by atoms with Crippen LogP contribution < -0.4 is 5.32 Å². The molecule has 4 nitrogen and oxygen atoms in total. The molecule has 0 radical (unpaired) electrons. The Labute approximate surface area is 107 Å². The highest BCUT2D eigenvalue weighted by molar-refractivity contribution is 5.70. The minimum atomic E-state index is -0.697. The summed E-state index contributed by atoms with van der Waals surface area (Å²) in [6.45, 7) is -0.00173. The van der Waals surface area contributed by atoms with Gasteiger partial charge in [-0.15, -0.1) is 0 Å². The molecule has 0 bridgehead atoms. The number of rotatable bonds is 4. The largest absolute Gasteiger partial charge is 0.481 e. The van der Waals surface area contributed by atoms with E-state index in [1.54, 1.807) is 0 Å². The van der Waals surface area contributed by atoms with Crippen LogP contribution in [0.3, 0.4) is 0 Å². The molecule has 0 spiro atoms. The molecule has 1 fully saturated rings. The zero-order valence-electron chi connectivity index (χ0n) is 10.3. The topological polar surface area (TPSA) is 69.6 Å². The van der Waals surface area contributed by atoms with Crippen LogP contribution in [0.4, 0.5) is 5.69 Å². The van der Waals surface area contributed by atoms with E-state index in [1.807, 2.05) is 24.3 Å². The molecular formula is C14H19NO3. The fraction of sp³-hybridized carbons (Fsp3) is 0.500. The molecule has 2 rings (SSSR count). The first-order valence-electron chi connectivity index (χ1n) is 6.39. The van der Waals surface area contributed by atoms with Crippen LogP contribution in [0, 0.1) is 5.92 Å². The van der Waals surface area contributed by atoms with Crippen molar-refractivity contribution in [2.24, 2.45) is 5.92 Å². The molecule has 0 aliphatic heterocycles. The van der Waals surface area contributed by atoms with E-state index in [4.69, 9.17) is 5.11 Å². The molecule has 0 aromatic heterocycles. The summed E-state index contributed by atoms with van der Waals surface area (Å²) in [5.41, 5.74) is 1.77. The van der Waals surface area contributed by atoms with E-state index in [9.17, 15) is 9.90 Å². The fourth-order valence-corrected chi connectivity index (χ4v) is 2.56. The number of aliphatic hydroxyl groups excluding tert-OH is 1. The normalized spacial score (nSPS) is 23.6. The summed E-state index contributed by atoms with van der Waals surface area (Å²) in [5.74, 6) is -0.936. The second kappa shape index (κ2) is 5.87. The number of anilines is 1. The number of hydrogen-bond donors (Lipinski definition) is 3. The quantitative estimate of drug-likeness (QED) is 0.765. The summed E-state index contributed by atoms with van der Waals surface area (Å²) in [5, 5.41) is 21.7. The molecule has 3 N–H and O–H groups in total. The molecule has 4 heteroatoms. The van der Waals surface area contributed by atoms with E-state index >= 15 is 0 Å². The number of aliphatic carboxylic acids is 1. The Morgan fingerprint density at radius 1 is 1.33 bits per heavy atom. The van der Waals surface area contributed by atoms with Crippen molar-refractivity contribution in [3.63, 3.8) is 0 Å². The third kappa shape index (κ3) is 3.01. The van der Waals surface area contributed by atoms with E-state index in [2.05, 4.69) is 5.32 Å². The van der Waals surface area contributed by atoms with E-state index in [-0.39, 0.29) is 18.6 Å². The zero-order valence-corrected chi connectivity index (χ0v) is 10.3. The maximum absolute atomic E-state index is 11.0. The predicted molar refractivity (Wildman–Crippen MR) is 69.4 cm³/mol. The molecule has 0 amide bonds. The first-order valence-corrected chi connectivity index (χ1v) is 6.39. The van der Waals surface area contributed by atoms with Crippen LogP contribution in [-0.2, 0) is 11.4 Å². The summed E-state index contributed by atoms with van der Waals surface area (Å²) < 4.78 is 0. The third-order valence-corrected chi connectivity index (χ3v) is 3.57. The highest BCUT2D eigenvalue weighted by Crippen LogP contribution is 2.28. The van der Waals surface area contributed by atoms with Crippen molar-refractivity contribution in [3.8, 4) is 0 Å². The van der Waals surface area contributed by atoms with E-state index in [0.717, 1.165) is 30.5 Å². The minimum Gasteiger partial charge on any atom is -0.481 e. The van der Waals surface area contributed by atoms with Crippen molar-refractivity contribution in [2.75, 3.05) is 5.32 Å². The molecule has 0 heterocycles. The lowest BCUT2D eigenvalue weighted by Crippen LogP contribution is -2.31. The highest BCUT2D eigenvalue weighted by atomic mass is 16.4. The number of carbonyl (C=O) groups is 1. The van der Waals surface area contributed by atoms with Crippen molar-refractivity contribution in [2.45, 2.75) is 38.3 Å². The second-order valence-corrected chi connectivity index (χ2v) is 4.86. The van der Waals surface area contributed by atoms with Gasteiger partial charge in [0, 0.05) is 17.3 Å². The Morgan fingerprint density at radius 3 is 2.83 bits per heavy atom. The molecule has 1 aromatic rings. The van der Waals surface area contributed by atoms with E-state index in [1.165, 1.54) is 0 Å². The lowest BCUT2D eigenvalue weighted by atomic mass is 9.85. The highest BCUT2D eigenvalue weighted by Gasteiger charge is 2.26. The molecule has 1 aliphatic rings. The van der Waals surface area contributed by atoms with Crippen LogP contribution in [0.2, 0.25) is 0 Å². The molecule has 0 saturated heterocycles. The van der Waals surface area contributed by atoms with E-state index in [0.29, 0.717) is 6.42 Å². The summed E-state index contributed by atoms with van der Waals surface area (Å²) >= 11 is 0.